The summed E-state index contributed by atoms with van der Waals surface area (Å²) < 4.78 is 15.8. The molecule has 3 aromatic rings. The largest absolute Gasteiger partial charge is 0.852 e. The molecular weight excluding hydrogens is 366 g/mol. The zero-order chi connectivity index (χ0) is 19.4. The molecule has 0 aliphatic rings. The van der Waals surface area contributed by atoms with Gasteiger partial charge in [0.15, 0.2) is 4.90 Å². The Kier molecular flexibility index (Phi) is 5.20. The Hall–Kier alpha value is -3.23. The molecule has 0 aliphatic carbocycles. The van der Waals surface area contributed by atoms with Crippen molar-refractivity contribution in [1.82, 2.24) is 4.72 Å². The lowest BCUT2D eigenvalue weighted by molar-refractivity contribution is -0.428. The third-order valence-electron chi connectivity index (χ3n) is 4.03. The van der Waals surface area contributed by atoms with E-state index in [4.69, 9.17) is 0 Å². The quantitative estimate of drug-likeness (QED) is 0.294. The number of anilines is 1. The van der Waals surface area contributed by atoms with E-state index < -0.39 is 26.0 Å². The van der Waals surface area contributed by atoms with Crippen molar-refractivity contribution in [3.63, 3.8) is 0 Å². The van der Waals surface area contributed by atoms with E-state index in [0.717, 1.165) is 10.8 Å². The average Bonchev–Trinajstić information content (AvgIpc) is 2.68. The molecule has 1 unspecified atom stereocenters. The van der Waals surface area contributed by atoms with E-state index in [1.807, 2.05) is 18.2 Å². The van der Waals surface area contributed by atoms with Crippen molar-refractivity contribution in [1.29, 1.82) is 0 Å². The Bertz CT molecular complexity index is 1060. The number of fused-ring (bicyclic) bond motifs is 1. The van der Waals surface area contributed by atoms with Crippen LogP contribution in [0.2, 0.25) is 0 Å². The summed E-state index contributed by atoms with van der Waals surface area (Å²) in [6.07, 6.45) is 0. The van der Waals surface area contributed by atoms with Crippen LogP contribution in [0.15, 0.2) is 88.6 Å². The second-order valence-electron chi connectivity index (χ2n) is 5.62. The van der Waals surface area contributed by atoms with E-state index in [0.29, 0.717) is 5.69 Å². The molecule has 0 saturated carbocycles. The minimum Gasteiger partial charge on any atom is -0.852 e. The minimum absolute atomic E-state index is 0.160. The fourth-order valence-corrected chi connectivity index (χ4v) is 4.48. The SMILES string of the molecule is CN[S+](=O)(/C(=C(\[O-])Nc1cccc2ccccc12)[N+](=O)[O-])c1ccccc1. The Morgan fingerprint density at radius 3 is 2.26 bits per heavy atom. The van der Waals surface area contributed by atoms with Crippen LogP contribution in [0.1, 0.15) is 0 Å². The van der Waals surface area contributed by atoms with E-state index in [2.05, 4.69) is 10.0 Å². The van der Waals surface area contributed by atoms with Crippen molar-refractivity contribution < 1.29 is 14.2 Å². The van der Waals surface area contributed by atoms with Crippen LogP contribution in [0.25, 0.3) is 10.8 Å². The van der Waals surface area contributed by atoms with Gasteiger partial charge < -0.3 is 10.4 Å². The molecular formula is C19H17N3O4S. The van der Waals surface area contributed by atoms with Crippen LogP contribution in [0.3, 0.4) is 0 Å². The van der Waals surface area contributed by atoms with Gasteiger partial charge in [0.05, 0.1) is 5.88 Å². The lowest BCUT2D eigenvalue weighted by atomic mass is 10.1. The molecule has 0 heterocycles. The first-order valence-corrected chi connectivity index (χ1v) is 9.61. The first-order valence-electron chi connectivity index (χ1n) is 8.05. The number of nitro groups is 1. The maximum absolute atomic E-state index is 13.3. The third kappa shape index (κ3) is 3.53. The number of nitrogens with zero attached hydrogens (tertiary/aromatic N) is 1. The summed E-state index contributed by atoms with van der Waals surface area (Å²) in [5.74, 6) is -1.03. The van der Waals surface area contributed by atoms with Crippen LogP contribution in [-0.2, 0) is 14.3 Å². The van der Waals surface area contributed by atoms with Crippen molar-refractivity contribution in [2.45, 2.75) is 4.90 Å². The van der Waals surface area contributed by atoms with Gasteiger partial charge in [0.25, 0.3) is 10.1 Å². The molecule has 27 heavy (non-hydrogen) atoms. The van der Waals surface area contributed by atoms with Gasteiger partial charge in [0.1, 0.15) is 4.92 Å². The van der Waals surface area contributed by atoms with Crippen LogP contribution in [0.5, 0.6) is 0 Å². The van der Waals surface area contributed by atoms with Gasteiger partial charge in [-0.3, -0.25) is 10.1 Å². The molecule has 0 radical (unpaired) electrons. The molecule has 0 spiro atoms. The molecule has 138 valence electrons. The highest BCUT2D eigenvalue weighted by Gasteiger charge is 2.47. The van der Waals surface area contributed by atoms with Crippen LogP contribution in [-0.4, -0.2) is 12.0 Å². The maximum atomic E-state index is 13.3. The van der Waals surface area contributed by atoms with Gasteiger partial charge in [0, 0.05) is 18.1 Å². The summed E-state index contributed by atoms with van der Waals surface area (Å²) >= 11 is 0. The average molecular weight is 383 g/mol. The lowest BCUT2D eigenvalue weighted by Gasteiger charge is -2.17. The zero-order valence-corrected chi connectivity index (χ0v) is 15.2. The van der Waals surface area contributed by atoms with Gasteiger partial charge in [-0.05, 0) is 23.6 Å². The molecule has 0 bridgehead atoms. The van der Waals surface area contributed by atoms with E-state index in [9.17, 15) is 19.4 Å². The zero-order valence-electron chi connectivity index (χ0n) is 14.4. The molecule has 8 heteroatoms. The van der Waals surface area contributed by atoms with Crippen LogP contribution in [0.4, 0.5) is 5.69 Å². The predicted octanol–water partition coefficient (Wildman–Crippen LogP) is 2.71. The summed E-state index contributed by atoms with van der Waals surface area (Å²) in [6, 6.07) is 20.4. The smallest absolute Gasteiger partial charge is 0.477 e. The number of rotatable bonds is 6. The van der Waals surface area contributed by atoms with Gasteiger partial charge in [-0.25, -0.2) is 0 Å². The topological polar surface area (TPSA) is 107 Å². The van der Waals surface area contributed by atoms with Crippen molar-refractivity contribution >= 4 is 26.6 Å². The molecule has 3 aromatic carbocycles. The van der Waals surface area contributed by atoms with E-state index >= 15 is 0 Å². The molecule has 2 N–H and O–H groups in total. The number of hydrogen-bond donors (Lipinski definition) is 2. The first-order chi connectivity index (χ1) is 13.0. The maximum Gasteiger partial charge on any atom is 0.477 e. The molecule has 0 saturated heterocycles. The fourth-order valence-electron chi connectivity index (χ4n) is 2.77. The standard InChI is InChI=1S/C19H17N3O4S/c1-20-27(26,15-10-3-2-4-11-15)19(22(24)25)18(23)21-17-13-7-9-14-8-5-6-12-16(14)17/h2-13H,1H3,(H2-,20,21,23,26). The van der Waals surface area contributed by atoms with Crippen molar-refractivity contribution in [3.05, 3.63) is 93.8 Å². The number of benzene rings is 3. The Labute approximate surface area is 157 Å². The van der Waals surface area contributed by atoms with Gasteiger partial charge >= 0.3 is 5.03 Å². The fraction of sp³-hybridized carbons (Fsp3) is 0.0526. The molecule has 3 rings (SSSR count). The highest BCUT2D eigenvalue weighted by molar-refractivity contribution is 8.04. The molecule has 0 aliphatic heterocycles. The van der Waals surface area contributed by atoms with Gasteiger partial charge in [-0.15, -0.1) is 4.72 Å². The third-order valence-corrected chi connectivity index (χ3v) is 6.42. The van der Waals surface area contributed by atoms with Crippen molar-refractivity contribution in [2.75, 3.05) is 12.4 Å². The lowest BCUT2D eigenvalue weighted by Crippen LogP contribution is -2.36. The van der Waals surface area contributed by atoms with Gasteiger partial charge in [-0.1, -0.05) is 58.8 Å². The summed E-state index contributed by atoms with van der Waals surface area (Å²) in [5, 5.41) is 27.6. The summed E-state index contributed by atoms with van der Waals surface area (Å²) in [6.45, 7) is 0. The molecule has 7 nitrogen and oxygen atoms in total. The van der Waals surface area contributed by atoms with Crippen LogP contribution < -0.4 is 15.1 Å². The van der Waals surface area contributed by atoms with Crippen molar-refractivity contribution in [2.24, 2.45) is 0 Å². The van der Waals surface area contributed by atoms with Gasteiger partial charge in [0.2, 0.25) is 0 Å². The van der Waals surface area contributed by atoms with Crippen molar-refractivity contribution in [3.8, 4) is 0 Å². The summed E-state index contributed by atoms with van der Waals surface area (Å²) in [7, 11) is -2.24. The Balaban J connectivity index is 2.13. The predicted molar refractivity (Wildman–Crippen MR) is 103 cm³/mol. The minimum atomic E-state index is -3.56. The number of nitrogens with one attached hydrogen (secondary N) is 2. The van der Waals surface area contributed by atoms with Crippen LogP contribution >= 0.6 is 0 Å². The number of hydrogen-bond acceptors (Lipinski definition) is 5. The molecule has 1 atom stereocenters. The highest BCUT2D eigenvalue weighted by Crippen LogP contribution is 2.29. The Morgan fingerprint density at radius 1 is 0.963 bits per heavy atom. The highest BCUT2D eigenvalue weighted by atomic mass is 32.3. The molecule has 0 aromatic heterocycles. The molecule has 0 amide bonds. The summed E-state index contributed by atoms with van der Waals surface area (Å²) in [4.78, 5) is 10.9. The van der Waals surface area contributed by atoms with Gasteiger partial charge in [-0.2, -0.15) is 0 Å². The van der Waals surface area contributed by atoms with Crippen LogP contribution in [0, 0.1) is 10.1 Å². The first kappa shape index (κ1) is 18.6. The van der Waals surface area contributed by atoms with E-state index in [1.54, 1.807) is 42.5 Å². The molecule has 0 fully saturated rings. The summed E-state index contributed by atoms with van der Waals surface area (Å²) in [5.41, 5.74) is 0.406. The monoisotopic (exact) mass is 383 g/mol. The second kappa shape index (κ2) is 7.56. The Morgan fingerprint density at radius 2 is 1.59 bits per heavy atom. The van der Waals surface area contributed by atoms with E-state index in [-0.39, 0.29) is 4.90 Å². The second-order valence-corrected chi connectivity index (χ2v) is 8.00. The van der Waals surface area contributed by atoms with E-state index in [1.165, 1.54) is 19.2 Å². The normalized spacial score (nSPS) is 14.3.